The van der Waals surface area contributed by atoms with Gasteiger partial charge in [0, 0.05) is 18.4 Å². The second-order valence-electron chi connectivity index (χ2n) is 6.75. The molecular weight excluding hydrogens is 284 g/mol. The summed E-state index contributed by atoms with van der Waals surface area (Å²) in [6, 6.07) is 19.2. The van der Waals surface area contributed by atoms with Crippen LogP contribution in [0.5, 0.6) is 5.75 Å². The normalized spacial score (nSPS) is 22.4. The molecule has 2 atom stereocenters. The molecular formula is C20H22N2O. The zero-order valence-electron chi connectivity index (χ0n) is 13.6. The first-order valence-electron chi connectivity index (χ1n) is 8.39. The van der Waals surface area contributed by atoms with E-state index >= 15 is 0 Å². The maximum atomic E-state index is 6.26. The van der Waals surface area contributed by atoms with Crippen molar-refractivity contribution in [3.05, 3.63) is 65.7 Å². The van der Waals surface area contributed by atoms with Crippen molar-refractivity contribution in [2.24, 2.45) is 11.0 Å². The summed E-state index contributed by atoms with van der Waals surface area (Å²) in [6.07, 6.45) is 1.95. The van der Waals surface area contributed by atoms with E-state index in [1.807, 2.05) is 6.07 Å². The fourth-order valence-corrected chi connectivity index (χ4v) is 3.47. The van der Waals surface area contributed by atoms with Crippen LogP contribution < -0.4 is 4.74 Å². The topological polar surface area (TPSA) is 24.8 Å². The molecule has 0 unspecified atom stereocenters. The van der Waals surface area contributed by atoms with Crippen LogP contribution in [-0.4, -0.2) is 16.9 Å². The molecule has 2 aromatic rings. The van der Waals surface area contributed by atoms with Crippen molar-refractivity contribution < 1.29 is 4.74 Å². The smallest absolute Gasteiger partial charge is 0.188 e. The molecule has 2 aromatic carbocycles. The van der Waals surface area contributed by atoms with E-state index in [0.717, 1.165) is 24.3 Å². The molecule has 0 saturated carbocycles. The Morgan fingerprint density at radius 1 is 1.09 bits per heavy atom. The van der Waals surface area contributed by atoms with Crippen molar-refractivity contribution in [2.75, 3.05) is 0 Å². The molecule has 0 aliphatic carbocycles. The standard InChI is InChI=1S/C20H22N2O/c1-14(2)12-20-22-18(16-10-6-7-11-19(16)23-20)13-17(21-22)15-8-4-3-5-9-15/h3-11,14,18,20H,12-13H2,1-2H3/t18-,20+/m0/s1. The third-order valence-corrected chi connectivity index (χ3v) is 4.56. The minimum absolute atomic E-state index is 0.0242. The summed E-state index contributed by atoms with van der Waals surface area (Å²) in [7, 11) is 0. The summed E-state index contributed by atoms with van der Waals surface area (Å²) < 4.78 is 6.26. The van der Waals surface area contributed by atoms with Crippen molar-refractivity contribution in [1.29, 1.82) is 0 Å². The highest BCUT2D eigenvalue weighted by Crippen LogP contribution is 2.43. The summed E-state index contributed by atoms with van der Waals surface area (Å²) >= 11 is 0. The Labute approximate surface area is 137 Å². The zero-order chi connectivity index (χ0) is 15.8. The van der Waals surface area contributed by atoms with E-state index in [9.17, 15) is 0 Å². The van der Waals surface area contributed by atoms with E-state index in [1.54, 1.807) is 0 Å². The molecule has 2 aliphatic heterocycles. The minimum atomic E-state index is 0.0242. The second-order valence-corrected chi connectivity index (χ2v) is 6.75. The van der Waals surface area contributed by atoms with Crippen molar-refractivity contribution in [2.45, 2.75) is 39.0 Å². The van der Waals surface area contributed by atoms with Gasteiger partial charge in [-0.15, -0.1) is 0 Å². The molecule has 0 spiro atoms. The van der Waals surface area contributed by atoms with E-state index < -0.39 is 0 Å². The largest absolute Gasteiger partial charge is 0.469 e. The van der Waals surface area contributed by atoms with Gasteiger partial charge < -0.3 is 4.74 Å². The molecule has 0 radical (unpaired) electrons. The first kappa shape index (κ1) is 14.3. The number of benzene rings is 2. The van der Waals surface area contributed by atoms with Gasteiger partial charge in [0.15, 0.2) is 6.23 Å². The summed E-state index contributed by atoms with van der Waals surface area (Å²) in [5.41, 5.74) is 3.62. The van der Waals surface area contributed by atoms with Gasteiger partial charge >= 0.3 is 0 Å². The fourth-order valence-electron chi connectivity index (χ4n) is 3.47. The van der Waals surface area contributed by atoms with Gasteiger partial charge in [-0.05, 0) is 17.5 Å². The van der Waals surface area contributed by atoms with Crippen LogP contribution in [0.25, 0.3) is 0 Å². The van der Waals surface area contributed by atoms with Gasteiger partial charge in [-0.1, -0.05) is 62.4 Å². The first-order valence-corrected chi connectivity index (χ1v) is 8.39. The highest BCUT2D eigenvalue weighted by Gasteiger charge is 2.40. The van der Waals surface area contributed by atoms with Crippen molar-refractivity contribution >= 4 is 5.71 Å². The number of hydrogen-bond acceptors (Lipinski definition) is 3. The quantitative estimate of drug-likeness (QED) is 0.827. The minimum Gasteiger partial charge on any atom is -0.469 e. The van der Waals surface area contributed by atoms with E-state index in [0.29, 0.717) is 12.0 Å². The van der Waals surface area contributed by atoms with Crippen LogP contribution in [0, 0.1) is 5.92 Å². The third kappa shape index (κ3) is 2.61. The first-order chi connectivity index (χ1) is 11.2. The molecule has 0 N–H and O–H groups in total. The van der Waals surface area contributed by atoms with Crippen LogP contribution in [0.1, 0.15) is 43.9 Å². The van der Waals surface area contributed by atoms with E-state index in [-0.39, 0.29) is 6.23 Å². The number of hydrazone groups is 1. The van der Waals surface area contributed by atoms with Gasteiger partial charge in [-0.3, -0.25) is 5.01 Å². The van der Waals surface area contributed by atoms with Crippen LogP contribution in [0.4, 0.5) is 0 Å². The number of para-hydroxylation sites is 1. The maximum absolute atomic E-state index is 6.26. The lowest BCUT2D eigenvalue weighted by atomic mass is 9.96. The van der Waals surface area contributed by atoms with Crippen molar-refractivity contribution in [3.63, 3.8) is 0 Å². The molecule has 4 rings (SSSR count). The van der Waals surface area contributed by atoms with Gasteiger partial charge in [-0.2, -0.15) is 5.10 Å². The molecule has 3 nitrogen and oxygen atoms in total. The van der Waals surface area contributed by atoms with Crippen molar-refractivity contribution in [1.82, 2.24) is 5.01 Å². The molecule has 2 heterocycles. The lowest BCUT2D eigenvalue weighted by Crippen LogP contribution is -2.41. The van der Waals surface area contributed by atoms with Gasteiger partial charge in [0.2, 0.25) is 0 Å². The van der Waals surface area contributed by atoms with E-state index in [4.69, 9.17) is 9.84 Å². The Hall–Kier alpha value is -2.29. The molecule has 0 fully saturated rings. The fraction of sp³-hybridized carbons (Fsp3) is 0.350. The molecule has 0 saturated heterocycles. The third-order valence-electron chi connectivity index (χ3n) is 4.56. The Kier molecular flexibility index (Phi) is 3.56. The molecule has 0 amide bonds. The Balaban J connectivity index is 1.72. The lowest BCUT2D eigenvalue weighted by Gasteiger charge is -2.38. The van der Waals surface area contributed by atoms with E-state index in [2.05, 4.69) is 67.4 Å². The van der Waals surface area contributed by atoms with Crippen LogP contribution in [0.2, 0.25) is 0 Å². The summed E-state index contributed by atoms with van der Waals surface area (Å²) in [5.74, 6) is 1.59. The van der Waals surface area contributed by atoms with Gasteiger partial charge in [0.05, 0.1) is 11.8 Å². The Bertz CT molecular complexity index is 723. The summed E-state index contributed by atoms with van der Waals surface area (Å²) in [5, 5.41) is 7.12. The predicted octanol–water partition coefficient (Wildman–Crippen LogP) is 4.60. The SMILES string of the molecule is CC(C)C[C@H]1Oc2ccccc2[C@@H]2CC(c3ccccc3)=NN12. The van der Waals surface area contributed by atoms with Crippen molar-refractivity contribution in [3.8, 4) is 5.75 Å². The number of fused-ring (bicyclic) bond motifs is 3. The Morgan fingerprint density at radius 3 is 2.61 bits per heavy atom. The molecule has 2 aliphatic rings. The predicted molar refractivity (Wildman–Crippen MR) is 92.5 cm³/mol. The number of hydrogen-bond donors (Lipinski definition) is 0. The highest BCUT2D eigenvalue weighted by molar-refractivity contribution is 6.01. The maximum Gasteiger partial charge on any atom is 0.188 e. The highest BCUT2D eigenvalue weighted by atomic mass is 16.5. The molecule has 0 bridgehead atoms. The van der Waals surface area contributed by atoms with Gasteiger partial charge in [0.1, 0.15) is 5.75 Å². The van der Waals surface area contributed by atoms with Gasteiger partial charge in [-0.25, -0.2) is 0 Å². The number of rotatable bonds is 3. The number of nitrogens with zero attached hydrogens (tertiary/aromatic N) is 2. The number of ether oxygens (including phenoxy) is 1. The van der Waals surface area contributed by atoms with Crippen LogP contribution >= 0.6 is 0 Å². The van der Waals surface area contributed by atoms with E-state index in [1.165, 1.54) is 11.1 Å². The molecule has 23 heavy (non-hydrogen) atoms. The Morgan fingerprint density at radius 2 is 1.83 bits per heavy atom. The summed E-state index contributed by atoms with van der Waals surface area (Å²) in [6.45, 7) is 4.47. The van der Waals surface area contributed by atoms with Gasteiger partial charge in [0.25, 0.3) is 0 Å². The van der Waals surface area contributed by atoms with Crippen LogP contribution in [0.3, 0.4) is 0 Å². The van der Waals surface area contributed by atoms with Crippen LogP contribution in [0.15, 0.2) is 59.7 Å². The monoisotopic (exact) mass is 306 g/mol. The molecule has 0 aromatic heterocycles. The zero-order valence-corrected chi connectivity index (χ0v) is 13.6. The average Bonchev–Trinajstić information content (AvgIpc) is 3.01. The molecule has 3 heteroatoms. The molecule has 118 valence electrons. The second kappa shape index (κ2) is 5.73. The lowest BCUT2D eigenvalue weighted by molar-refractivity contribution is -0.0291. The van der Waals surface area contributed by atoms with Crippen LogP contribution in [-0.2, 0) is 0 Å². The average molecular weight is 306 g/mol. The summed E-state index contributed by atoms with van der Waals surface area (Å²) in [4.78, 5) is 0.